The molecule has 0 radical (unpaired) electrons. The molecule has 0 unspecified atom stereocenters. The number of hydrogen-bond acceptors (Lipinski definition) is 10. The molecule has 0 saturated carbocycles. The van der Waals surface area contributed by atoms with Crippen LogP contribution in [-0.4, -0.2) is 110 Å². The Bertz CT molecular complexity index is 908. The van der Waals surface area contributed by atoms with Gasteiger partial charge in [0.15, 0.2) is 6.29 Å². The van der Waals surface area contributed by atoms with Crippen LogP contribution in [0, 0.1) is 0 Å². The minimum atomic E-state index is -1.66. The fraction of sp³-hybridized carbons (Fsp3) is 0.932. The van der Waals surface area contributed by atoms with E-state index in [0.717, 1.165) is 38.5 Å². The van der Waals surface area contributed by atoms with Crippen LogP contribution in [0.2, 0.25) is 0 Å². The minimum absolute atomic E-state index is 0.258. The van der Waals surface area contributed by atoms with Gasteiger partial charge in [-0.25, -0.2) is 0 Å². The molecule has 1 aliphatic rings. The third-order valence-electron chi connectivity index (χ3n) is 11.1. The van der Waals surface area contributed by atoms with Crippen molar-refractivity contribution < 1.29 is 50.0 Å². The van der Waals surface area contributed by atoms with Gasteiger partial charge in [0.1, 0.15) is 36.6 Å². The predicted octanol–water partition coefficient (Wildman–Crippen LogP) is 6.89. The Morgan fingerprint density at radius 1 is 0.618 bits per heavy atom. The lowest BCUT2D eigenvalue weighted by Gasteiger charge is -2.40. The van der Waals surface area contributed by atoms with Gasteiger partial charge in [-0.2, -0.15) is 0 Å². The molecule has 9 atom stereocenters. The Balaban J connectivity index is 2.48. The molecule has 0 spiro atoms. The largest absolute Gasteiger partial charge is 0.394 e. The smallest absolute Gasteiger partial charge is 0.249 e. The second-order valence-electron chi connectivity index (χ2n) is 16.1. The molecule has 1 rings (SSSR count). The number of ether oxygens (including phenoxy) is 2. The second-order valence-corrected chi connectivity index (χ2v) is 16.1. The zero-order valence-electron chi connectivity index (χ0n) is 34.9. The number of amides is 1. The molecule has 326 valence electrons. The number of aliphatic hydroxyl groups excluding tert-OH is 7. The maximum absolute atomic E-state index is 13.0. The van der Waals surface area contributed by atoms with E-state index in [2.05, 4.69) is 31.3 Å². The molecule has 0 bridgehead atoms. The average molecular weight is 788 g/mol. The molecular formula is C44H85NO10. The van der Waals surface area contributed by atoms with Crippen molar-refractivity contribution in [2.75, 3.05) is 13.2 Å². The Morgan fingerprint density at radius 3 is 1.56 bits per heavy atom. The molecule has 11 nitrogen and oxygen atoms in total. The third-order valence-corrected chi connectivity index (χ3v) is 11.1. The predicted molar refractivity (Wildman–Crippen MR) is 219 cm³/mol. The molecular weight excluding hydrogens is 702 g/mol. The van der Waals surface area contributed by atoms with Crippen LogP contribution in [0.15, 0.2) is 12.2 Å². The molecule has 55 heavy (non-hydrogen) atoms. The lowest BCUT2D eigenvalue weighted by Crippen LogP contribution is -2.60. The first-order valence-corrected chi connectivity index (χ1v) is 22.6. The van der Waals surface area contributed by atoms with Crippen molar-refractivity contribution in [3.05, 3.63) is 12.2 Å². The molecule has 11 heteroatoms. The molecule has 1 aliphatic heterocycles. The topological polar surface area (TPSA) is 189 Å². The van der Waals surface area contributed by atoms with Gasteiger partial charge in [-0.3, -0.25) is 4.79 Å². The van der Waals surface area contributed by atoms with E-state index in [-0.39, 0.29) is 12.8 Å². The number of rotatable bonds is 37. The summed E-state index contributed by atoms with van der Waals surface area (Å²) >= 11 is 0. The number of aliphatic hydroxyl groups is 7. The normalized spacial score (nSPS) is 22.5. The first-order chi connectivity index (χ1) is 26.7. The number of hydrogen-bond donors (Lipinski definition) is 8. The summed E-state index contributed by atoms with van der Waals surface area (Å²) in [5, 5.41) is 75.5. The van der Waals surface area contributed by atoms with Crippen molar-refractivity contribution in [1.82, 2.24) is 5.32 Å². The van der Waals surface area contributed by atoms with Crippen LogP contribution in [0.3, 0.4) is 0 Å². The standard InChI is InChI=1S/C44H85NO10/c1-3-5-7-9-11-13-15-17-18-19-20-22-24-26-28-30-32-37(48)43(53)45-35(34-54-44-42(52)41(51)40(50)38(33-46)55-44)39(49)36(47)31-29-27-25-23-21-16-14-12-10-8-6-4-2/h23,25,35-42,44,46-52H,3-22,24,26-34H2,1-2H3,(H,45,53)/b25-23-/t35-,36+,37+,38+,39-,40+,41-,42+,44+/m0/s1. The summed E-state index contributed by atoms with van der Waals surface area (Å²) in [6.45, 7) is 3.41. The van der Waals surface area contributed by atoms with Crippen molar-refractivity contribution in [3.63, 3.8) is 0 Å². The number of allylic oxidation sites excluding steroid dienone is 2. The Hall–Kier alpha value is -1.15. The van der Waals surface area contributed by atoms with Crippen molar-refractivity contribution in [3.8, 4) is 0 Å². The van der Waals surface area contributed by atoms with Crippen molar-refractivity contribution in [1.29, 1.82) is 0 Å². The van der Waals surface area contributed by atoms with Gasteiger partial charge >= 0.3 is 0 Å². The van der Waals surface area contributed by atoms with Crippen LogP contribution in [0.1, 0.15) is 194 Å². The van der Waals surface area contributed by atoms with Gasteiger partial charge in [-0.15, -0.1) is 0 Å². The molecule has 0 aliphatic carbocycles. The molecule has 1 amide bonds. The molecule has 1 heterocycles. The zero-order valence-corrected chi connectivity index (χ0v) is 34.9. The van der Waals surface area contributed by atoms with Gasteiger partial charge in [0, 0.05) is 0 Å². The summed E-state index contributed by atoms with van der Waals surface area (Å²) in [6.07, 6.45) is 24.1. The fourth-order valence-corrected chi connectivity index (χ4v) is 7.26. The van der Waals surface area contributed by atoms with Crippen molar-refractivity contribution in [2.45, 2.75) is 249 Å². The third kappa shape index (κ3) is 25.1. The fourth-order valence-electron chi connectivity index (χ4n) is 7.26. The van der Waals surface area contributed by atoms with E-state index >= 15 is 0 Å². The van der Waals surface area contributed by atoms with E-state index in [1.165, 1.54) is 116 Å². The van der Waals surface area contributed by atoms with Gasteiger partial charge in [-0.1, -0.05) is 167 Å². The molecule has 8 N–H and O–H groups in total. The molecule has 0 aromatic carbocycles. The van der Waals surface area contributed by atoms with Crippen molar-refractivity contribution >= 4 is 5.91 Å². The second kappa shape index (κ2) is 34.9. The van der Waals surface area contributed by atoms with Crippen LogP contribution < -0.4 is 5.32 Å². The average Bonchev–Trinajstić information content (AvgIpc) is 3.18. The van der Waals surface area contributed by atoms with Gasteiger partial charge in [0.05, 0.1) is 25.4 Å². The monoisotopic (exact) mass is 788 g/mol. The van der Waals surface area contributed by atoms with Gasteiger partial charge in [-0.05, 0) is 38.5 Å². The van der Waals surface area contributed by atoms with Crippen LogP contribution >= 0.6 is 0 Å². The maximum atomic E-state index is 13.0. The van der Waals surface area contributed by atoms with Crippen LogP contribution in [0.4, 0.5) is 0 Å². The summed E-state index contributed by atoms with van der Waals surface area (Å²) in [5.41, 5.74) is 0. The zero-order chi connectivity index (χ0) is 40.5. The Morgan fingerprint density at radius 2 is 1.07 bits per heavy atom. The number of carbonyl (C=O) groups excluding carboxylic acids is 1. The van der Waals surface area contributed by atoms with E-state index in [1.54, 1.807) is 0 Å². The highest BCUT2D eigenvalue weighted by atomic mass is 16.7. The quantitative estimate of drug-likeness (QED) is 0.0243. The number of nitrogens with one attached hydrogen (secondary N) is 1. The summed E-state index contributed by atoms with van der Waals surface area (Å²) in [5.74, 6) is -0.706. The highest BCUT2D eigenvalue weighted by molar-refractivity contribution is 5.80. The number of unbranched alkanes of at least 4 members (excludes halogenated alkanes) is 23. The summed E-state index contributed by atoms with van der Waals surface area (Å²) in [6, 6.07) is -1.18. The molecule has 1 fully saturated rings. The molecule has 1 saturated heterocycles. The van der Waals surface area contributed by atoms with E-state index in [4.69, 9.17) is 9.47 Å². The minimum Gasteiger partial charge on any atom is -0.394 e. The summed E-state index contributed by atoms with van der Waals surface area (Å²) < 4.78 is 11.1. The highest BCUT2D eigenvalue weighted by Gasteiger charge is 2.44. The van der Waals surface area contributed by atoms with E-state index in [9.17, 15) is 40.5 Å². The Labute approximate surface area is 334 Å². The maximum Gasteiger partial charge on any atom is 0.249 e. The van der Waals surface area contributed by atoms with Gasteiger partial charge in [0.2, 0.25) is 5.91 Å². The lowest BCUT2D eigenvalue weighted by atomic mass is 9.98. The summed E-state index contributed by atoms with van der Waals surface area (Å²) in [7, 11) is 0. The van der Waals surface area contributed by atoms with Crippen LogP contribution in [0.5, 0.6) is 0 Å². The van der Waals surface area contributed by atoms with Gasteiger partial charge < -0.3 is 50.5 Å². The molecule has 0 aromatic heterocycles. The van der Waals surface area contributed by atoms with Gasteiger partial charge in [0.25, 0.3) is 0 Å². The first kappa shape index (κ1) is 51.9. The van der Waals surface area contributed by atoms with Crippen LogP contribution in [0.25, 0.3) is 0 Å². The number of carbonyl (C=O) groups is 1. The Kier molecular flexibility index (Phi) is 32.9. The lowest BCUT2D eigenvalue weighted by molar-refractivity contribution is -0.303. The van der Waals surface area contributed by atoms with E-state index < -0.39 is 74.2 Å². The first-order valence-electron chi connectivity index (χ1n) is 22.6. The van der Waals surface area contributed by atoms with E-state index in [0.29, 0.717) is 12.8 Å². The molecule has 0 aromatic rings. The summed E-state index contributed by atoms with van der Waals surface area (Å²) in [4.78, 5) is 13.0. The van der Waals surface area contributed by atoms with E-state index in [1.807, 2.05) is 0 Å². The van der Waals surface area contributed by atoms with Crippen LogP contribution in [-0.2, 0) is 14.3 Å². The SMILES string of the molecule is CCCCCCCCC/C=C\CCC[C@@H](O)[C@@H](O)[C@H](CO[C@@H]1O[C@H](CO)[C@@H](O)[C@H](O)[C@H]1O)NC(=O)[C@H](O)CCCCCCCCCCCCCCCCCC. The highest BCUT2D eigenvalue weighted by Crippen LogP contribution is 2.23. The van der Waals surface area contributed by atoms with Crippen molar-refractivity contribution in [2.24, 2.45) is 0 Å².